The lowest BCUT2D eigenvalue weighted by Gasteiger charge is -2.15. The molecule has 2 aliphatic rings. The minimum atomic E-state index is -3.24. The first-order valence-electron chi connectivity index (χ1n) is 8.11. The molecule has 2 atom stereocenters. The Morgan fingerprint density at radius 2 is 2.20 bits per heavy atom. The molecule has 2 aromatic heterocycles. The van der Waals surface area contributed by atoms with Crippen LogP contribution in [0.5, 0.6) is 0 Å². The van der Waals surface area contributed by atoms with Crippen LogP contribution in [0.25, 0.3) is 10.2 Å². The average Bonchev–Trinajstić information content (AvgIpc) is 3.16. The van der Waals surface area contributed by atoms with Crippen molar-refractivity contribution < 1.29 is 13.5 Å². The third-order valence-corrected chi connectivity index (χ3v) is 9.05. The van der Waals surface area contributed by atoms with Crippen LogP contribution in [-0.4, -0.2) is 45.9 Å². The Balaban J connectivity index is 1.82. The molecule has 9 heteroatoms. The lowest BCUT2D eigenvalue weighted by molar-refractivity contribution is 0.207. The molecular weight excluding hydrogens is 380 g/mol. The van der Waals surface area contributed by atoms with Crippen LogP contribution in [0, 0.1) is 0 Å². The van der Waals surface area contributed by atoms with E-state index in [4.69, 9.17) is 0 Å². The van der Waals surface area contributed by atoms with E-state index in [1.165, 1.54) is 16.6 Å². The van der Waals surface area contributed by atoms with Gasteiger partial charge in [-0.3, -0.25) is 9.36 Å². The minimum absolute atomic E-state index is 0.0952. The normalized spacial score (nSPS) is 24.7. The van der Waals surface area contributed by atoms with E-state index >= 15 is 0 Å². The molecule has 1 N–H and O–H groups in total. The van der Waals surface area contributed by atoms with Crippen LogP contribution in [0.4, 0.5) is 0 Å². The fraction of sp³-hybridized carbons (Fsp3) is 0.500. The predicted molar refractivity (Wildman–Crippen MR) is 100 cm³/mol. The highest BCUT2D eigenvalue weighted by molar-refractivity contribution is 8.01. The van der Waals surface area contributed by atoms with E-state index in [2.05, 4.69) is 11.6 Å². The molecule has 134 valence electrons. The Kier molecular flexibility index (Phi) is 4.30. The number of thioether (sulfide) groups is 1. The number of rotatable bonds is 4. The van der Waals surface area contributed by atoms with Crippen molar-refractivity contribution in [3.63, 3.8) is 0 Å². The molecule has 1 fully saturated rings. The van der Waals surface area contributed by atoms with Gasteiger partial charge in [-0.1, -0.05) is 17.8 Å². The molecule has 25 heavy (non-hydrogen) atoms. The maximum Gasteiger partial charge on any atom is 0.263 e. The molecule has 1 aliphatic carbocycles. The van der Waals surface area contributed by atoms with Crippen LogP contribution in [0.3, 0.4) is 0 Å². The second-order valence-electron chi connectivity index (χ2n) is 6.44. The largest absolute Gasteiger partial charge is 0.391 e. The van der Waals surface area contributed by atoms with E-state index in [0.29, 0.717) is 21.9 Å². The Hall–Kier alpha value is -1.16. The number of aromatic nitrogens is 2. The Morgan fingerprint density at radius 1 is 1.40 bits per heavy atom. The lowest BCUT2D eigenvalue weighted by Crippen LogP contribution is -2.26. The van der Waals surface area contributed by atoms with E-state index in [9.17, 15) is 18.3 Å². The quantitative estimate of drug-likeness (QED) is 0.618. The Bertz CT molecular complexity index is 1020. The summed E-state index contributed by atoms with van der Waals surface area (Å²) in [6, 6.07) is 0. The first-order valence-corrected chi connectivity index (χ1v) is 11.6. The molecule has 6 nitrogen and oxygen atoms in total. The second kappa shape index (κ2) is 6.22. The summed E-state index contributed by atoms with van der Waals surface area (Å²) in [6.45, 7) is 4.02. The zero-order valence-electron chi connectivity index (χ0n) is 13.5. The van der Waals surface area contributed by atoms with E-state index in [-0.39, 0.29) is 17.1 Å². The molecule has 0 saturated carbocycles. The van der Waals surface area contributed by atoms with Crippen molar-refractivity contribution in [2.24, 2.45) is 0 Å². The summed E-state index contributed by atoms with van der Waals surface area (Å²) < 4.78 is 25.0. The van der Waals surface area contributed by atoms with E-state index in [0.717, 1.165) is 24.8 Å². The highest BCUT2D eigenvalue weighted by Crippen LogP contribution is 2.37. The summed E-state index contributed by atoms with van der Waals surface area (Å²) in [5.74, 6) is -0.326. The highest BCUT2D eigenvalue weighted by atomic mass is 32.2. The number of hydrogen-bond acceptors (Lipinski definition) is 7. The van der Waals surface area contributed by atoms with Crippen LogP contribution < -0.4 is 5.56 Å². The van der Waals surface area contributed by atoms with Gasteiger partial charge in [0.25, 0.3) is 5.56 Å². The highest BCUT2D eigenvalue weighted by Gasteiger charge is 2.38. The van der Waals surface area contributed by atoms with Gasteiger partial charge in [0.1, 0.15) is 4.83 Å². The van der Waals surface area contributed by atoms with Crippen molar-refractivity contribution in [1.29, 1.82) is 0 Å². The number of hydrogen-bond donors (Lipinski definition) is 1. The Morgan fingerprint density at radius 3 is 2.88 bits per heavy atom. The van der Waals surface area contributed by atoms with Gasteiger partial charge >= 0.3 is 0 Å². The average molecular weight is 399 g/mol. The van der Waals surface area contributed by atoms with Crippen LogP contribution in [0.1, 0.15) is 16.9 Å². The number of sulfone groups is 1. The zero-order chi connectivity index (χ0) is 17.8. The monoisotopic (exact) mass is 398 g/mol. The van der Waals surface area contributed by atoms with Gasteiger partial charge in [0.15, 0.2) is 15.0 Å². The molecule has 0 radical (unpaired) electrons. The number of thiophene rings is 1. The van der Waals surface area contributed by atoms with Crippen LogP contribution >= 0.6 is 23.1 Å². The maximum absolute atomic E-state index is 13.0. The first-order chi connectivity index (χ1) is 11.9. The van der Waals surface area contributed by atoms with E-state index in [1.54, 1.807) is 22.0 Å². The van der Waals surface area contributed by atoms with Crippen molar-refractivity contribution in [2.75, 3.05) is 11.5 Å². The molecular formula is C16H18N2O4S3. The Labute approximate surface area is 153 Å². The third-order valence-electron chi connectivity index (χ3n) is 4.63. The molecule has 2 aromatic rings. The molecule has 0 spiro atoms. The van der Waals surface area contributed by atoms with Gasteiger partial charge in [0.05, 0.1) is 28.2 Å². The van der Waals surface area contributed by atoms with Crippen molar-refractivity contribution in [3.05, 3.63) is 33.4 Å². The number of fused-ring (bicyclic) bond motifs is 3. The molecule has 0 bridgehead atoms. The van der Waals surface area contributed by atoms with Crippen molar-refractivity contribution in [3.8, 4) is 0 Å². The maximum atomic E-state index is 13.0. The number of aliphatic hydroxyl groups is 1. The molecule has 1 aliphatic heterocycles. The van der Waals surface area contributed by atoms with Crippen LogP contribution in [0.2, 0.25) is 0 Å². The molecule has 0 amide bonds. The standard InChI is InChI=1S/C16H18N2O4S3/c1-2-6-18-15(20)13-9-4-3-5-11(9)23-14(13)17-16(18)24-12-8-25(21,22)7-10(12)19/h2,10,12,19H,1,3-8H2/t10-,12-/m1/s1. The zero-order valence-corrected chi connectivity index (χ0v) is 15.9. The fourth-order valence-corrected chi connectivity index (χ4v) is 8.37. The second-order valence-corrected chi connectivity index (χ2v) is 10.9. The number of aliphatic hydroxyl groups excluding tert-OH is 1. The molecule has 0 unspecified atom stereocenters. The fourth-order valence-electron chi connectivity index (χ4n) is 3.48. The van der Waals surface area contributed by atoms with E-state index in [1.807, 2.05) is 0 Å². The number of allylic oxidation sites excluding steroid dienone is 1. The van der Waals surface area contributed by atoms with E-state index < -0.39 is 21.2 Å². The van der Waals surface area contributed by atoms with Gasteiger partial charge in [-0.25, -0.2) is 13.4 Å². The van der Waals surface area contributed by atoms with Crippen molar-refractivity contribution in [2.45, 2.75) is 42.3 Å². The van der Waals surface area contributed by atoms with Gasteiger partial charge in [-0.15, -0.1) is 17.9 Å². The van der Waals surface area contributed by atoms with Crippen molar-refractivity contribution >= 4 is 43.2 Å². The molecule has 3 heterocycles. The summed E-state index contributed by atoms with van der Waals surface area (Å²) in [5.41, 5.74) is 1.03. The lowest BCUT2D eigenvalue weighted by atomic mass is 10.2. The molecule has 0 aromatic carbocycles. The van der Waals surface area contributed by atoms with Gasteiger partial charge < -0.3 is 5.11 Å². The number of nitrogens with zero attached hydrogens (tertiary/aromatic N) is 2. The number of aryl methyl sites for hydroxylation is 2. The van der Waals surface area contributed by atoms with Crippen molar-refractivity contribution in [1.82, 2.24) is 9.55 Å². The topological polar surface area (TPSA) is 89.3 Å². The van der Waals surface area contributed by atoms with Crippen LogP contribution in [0.15, 0.2) is 22.6 Å². The van der Waals surface area contributed by atoms with Crippen LogP contribution in [-0.2, 0) is 29.2 Å². The van der Waals surface area contributed by atoms with Gasteiger partial charge in [0.2, 0.25) is 0 Å². The van der Waals surface area contributed by atoms with Gasteiger partial charge in [-0.2, -0.15) is 0 Å². The SMILES string of the molecule is C=CCn1c(S[C@@H]2CS(=O)(=O)C[C@H]2O)nc2sc3c(c2c1=O)CCC3. The summed E-state index contributed by atoms with van der Waals surface area (Å²) in [7, 11) is -3.24. The minimum Gasteiger partial charge on any atom is -0.391 e. The van der Waals surface area contributed by atoms with Gasteiger partial charge in [0, 0.05) is 11.4 Å². The summed E-state index contributed by atoms with van der Waals surface area (Å²) in [5, 5.41) is 10.7. The smallest absolute Gasteiger partial charge is 0.263 e. The van der Waals surface area contributed by atoms with Gasteiger partial charge in [-0.05, 0) is 24.8 Å². The first kappa shape index (κ1) is 17.3. The predicted octanol–water partition coefficient (Wildman–Crippen LogP) is 1.38. The summed E-state index contributed by atoms with van der Waals surface area (Å²) in [6.07, 6.45) is 3.66. The molecule has 1 saturated heterocycles. The molecule has 4 rings (SSSR count). The summed E-state index contributed by atoms with van der Waals surface area (Å²) in [4.78, 5) is 19.6. The summed E-state index contributed by atoms with van der Waals surface area (Å²) >= 11 is 2.74. The third kappa shape index (κ3) is 2.97.